The molecule has 0 bridgehead atoms. The zero-order valence-electron chi connectivity index (χ0n) is 12.5. The van der Waals surface area contributed by atoms with Crippen molar-refractivity contribution in [2.24, 2.45) is 0 Å². The lowest BCUT2D eigenvalue weighted by molar-refractivity contribution is 0.415. The summed E-state index contributed by atoms with van der Waals surface area (Å²) in [5.74, 6) is 0.484. The molecule has 0 spiro atoms. The Morgan fingerprint density at radius 3 is 2.14 bits per heavy atom. The van der Waals surface area contributed by atoms with Crippen LogP contribution in [0.3, 0.4) is 0 Å². The van der Waals surface area contributed by atoms with E-state index in [1.807, 2.05) is 49.4 Å². The van der Waals surface area contributed by atoms with Gasteiger partial charge in [0.05, 0.1) is 4.90 Å². The van der Waals surface area contributed by atoms with Gasteiger partial charge in [0.2, 0.25) is 10.0 Å². The molecule has 2 aromatic carbocycles. The molecule has 0 N–H and O–H groups in total. The Kier molecular flexibility index (Phi) is 5.97. The van der Waals surface area contributed by atoms with E-state index < -0.39 is 10.0 Å². The summed E-state index contributed by atoms with van der Waals surface area (Å²) in [4.78, 5) is 2.44. The van der Waals surface area contributed by atoms with Crippen LogP contribution in [0.4, 0.5) is 0 Å². The number of rotatable bonds is 6. The highest BCUT2D eigenvalue weighted by atomic mass is 32.2. The van der Waals surface area contributed by atoms with Gasteiger partial charge in [-0.15, -0.1) is 0 Å². The third-order valence-electron chi connectivity index (χ3n) is 3.36. The molecule has 0 aliphatic carbocycles. The maximum Gasteiger partial charge on any atom is 0.243 e. The van der Waals surface area contributed by atoms with E-state index in [2.05, 4.69) is 12.6 Å². The number of hydrogen-bond acceptors (Lipinski definition) is 4. The normalized spacial score (nSPS) is 13.3. The van der Waals surface area contributed by atoms with Crippen LogP contribution in [0.1, 0.15) is 6.92 Å². The van der Waals surface area contributed by atoms with Crippen LogP contribution in [0.15, 0.2) is 69.3 Å². The van der Waals surface area contributed by atoms with Gasteiger partial charge in [-0.2, -0.15) is 16.9 Å². The maximum atomic E-state index is 12.5. The molecule has 0 aliphatic heterocycles. The predicted octanol–water partition coefficient (Wildman–Crippen LogP) is 3.78. The Labute approximate surface area is 142 Å². The molecule has 3 nitrogen and oxygen atoms in total. The van der Waals surface area contributed by atoms with Crippen molar-refractivity contribution in [3.8, 4) is 0 Å². The van der Waals surface area contributed by atoms with Crippen LogP contribution in [-0.2, 0) is 10.0 Å². The first-order valence-corrected chi connectivity index (χ1v) is 9.76. The van der Waals surface area contributed by atoms with Gasteiger partial charge in [0.15, 0.2) is 0 Å². The third kappa shape index (κ3) is 4.07. The van der Waals surface area contributed by atoms with E-state index in [0.29, 0.717) is 10.6 Å². The Hall–Kier alpha value is -0.950. The summed E-state index contributed by atoms with van der Waals surface area (Å²) in [6.07, 6.45) is 0. The highest BCUT2D eigenvalue weighted by Crippen LogP contribution is 2.28. The van der Waals surface area contributed by atoms with Gasteiger partial charge in [-0.05, 0) is 43.3 Å². The quantitative estimate of drug-likeness (QED) is 0.803. The van der Waals surface area contributed by atoms with Crippen LogP contribution in [0, 0.1) is 0 Å². The molecular weight excluding hydrogens is 334 g/mol. The molecule has 0 saturated heterocycles. The van der Waals surface area contributed by atoms with E-state index in [-0.39, 0.29) is 6.04 Å². The molecule has 1 unspecified atom stereocenters. The zero-order valence-corrected chi connectivity index (χ0v) is 15.0. The van der Waals surface area contributed by atoms with E-state index >= 15 is 0 Å². The van der Waals surface area contributed by atoms with E-state index in [1.54, 1.807) is 30.9 Å². The monoisotopic (exact) mass is 353 g/mol. The zero-order chi connectivity index (χ0) is 16.2. The average molecular weight is 354 g/mol. The van der Waals surface area contributed by atoms with Gasteiger partial charge in [0.1, 0.15) is 0 Å². The molecular formula is C16H19NO2S3. The molecule has 0 amide bonds. The summed E-state index contributed by atoms with van der Waals surface area (Å²) in [6, 6.07) is 16.8. The Morgan fingerprint density at radius 2 is 1.59 bits per heavy atom. The fraction of sp³-hybridized carbons (Fsp3) is 0.250. The molecule has 0 aromatic heterocycles. The molecule has 0 fully saturated rings. The Bertz CT molecular complexity index is 700. The van der Waals surface area contributed by atoms with Gasteiger partial charge >= 0.3 is 0 Å². The fourth-order valence-corrected chi connectivity index (χ4v) is 4.38. The lowest BCUT2D eigenvalue weighted by Crippen LogP contribution is -2.36. The van der Waals surface area contributed by atoms with Gasteiger partial charge < -0.3 is 0 Å². The predicted molar refractivity (Wildman–Crippen MR) is 95.3 cm³/mol. The van der Waals surface area contributed by atoms with E-state index in [4.69, 9.17) is 0 Å². The van der Waals surface area contributed by atoms with Crippen LogP contribution < -0.4 is 0 Å². The molecule has 0 saturated carbocycles. The molecule has 118 valence electrons. The summed E-state index contributed by atoms with van der Waals surface area (Å²) in [5.41, 5.74) is 0. The molecule has 0 radical (unpaired) electrons. The van der Waals surface area contributed by atoms with Crippen LogP contribution >= 0.6 is 24.4 Å². The fourth-order valence-electron chi connectivity index (χ4n) is 1.82. The number of sulfonamides is 1. The van der Waals surface area contributed by atoms with Crippen LogP contribution in [0.5, 0.6) is 0 Å². The molecule has 0 aliphatic rings. The van der Waals surface area contributed by atoms with Crippen molar-refractivity contribution < 1.29 is 8.42 Å². The first kappa shape index (κ1) is 17.4. The van der Waals surface area contributed by atoms with E-state index in [0.717, 1.165) is 9.79 Å². The first-order chi connectivity index (χ1) is 10.4. The highest BCUT2D eigenvalue weighted by Gasteiger charge is 2.24. The summed E-state index contributed by atoms with van der Waals surface area (Å²) in [7, 11) is -1.88. The van der Waals surface area contributed by atoms with E-state index in [1.165, 1.54) is 4.31 Å². The topological polar surface area (TPSA) is 37.4 Å². The standard InChI is InChI=1S/C16H19NO2S3/c1-13(12-20)17(2)22(18,19)16-10-8-15(9-11-16)21-14-6-4-3-5-7-14/h3-11,13,20H,12H2,1-2H3. The average Bonchev–Trinajstić information content (AvgIpc) is 2.55. The van der Waals surface area contributed by atoms with Crippen LogP contribution in [0.2, 0.25) is 0 Å². The number of hydrogen-bond donors (Lipinski definition) is 1. The van der Waals surface area contributed by atoms with Gasteiger partial charge in [-0.1, -0.05) is 30.0 Å². The molecule has 2 rings (SSSR count). The summed E-state index contributed by atoms with van der Waals surface area (Å²) in [5, 5.41) is 0. The molecule has 0 heterocycles. The minimum Gasteiger partial charge on any atom is -0.207 e. The largest absolute Gasteiger partial charge is 0.243 e. The number of nitrogens with zero attached hydrogens (tertiary/aromatic N) is 1. The van der Waals surface area contributed by atoms with Crippen molar-refractivity contribution in [3.63, 3.8) is 0 Å². The van der Waals surface area contributed by atoms with Crippen molar-refractivity contribution in [1.29, 1.82) is 0 Å². The minimum atomic E-state index is -3.46. The molecule has 6 heteroatoms. The Morgan fingerprint density at radius 1 is 1.05 bits per heavy atom. The molecule has 22 heavy (non-hydrogen) atoms. The lowest BCUT2D eigenvalue weighted by atomic mass is 10.4. The van der Waals surface area contributed by atoms with Crippen molar-refractivity contribution in [1.82, 2.24) is 4.31 Å². The minimum absolute atomic E-state index is 0.147. The molecule has 1 atom stereocenters. The Balaban J connectivity index is 2.18. The summed E-state index contributed by atoms with van der Waals surface area (Å²) >= 11 is 5.77. The van der Waals surface area contributed by atoms with Crippen molar-refractivity contribution in [2.45, 2.75) is 27.7 Å². The highest BCUT2D eigenvalue weighted by molar-refractivity contribution is 7.99. The molecule has 2 aromatic rings. The SMILES string of the molecule is CC(CS)N(C)S(=O)(=O)c1ccc(Sc2ccccc2)cc1. The van der Waals surface area contributed by atoms with Crippen molar-refractivity contribution in [2.75, 3.05) is 12.8 Å². The number of thiol groups is 1. The maximum absolute atomic E-state index is 12.5. The van der Waals surface area contributed by atoms with Crippen molar-refractivity contribution in [3.05, 3.63) is 54.6 Å². The first-order valence-electron chi connectivity index (χ1n) is 6.87. The van der Waals surface area contributed by atoms with Gasteiger partial charge in [0, 0.05) is 28.6 Å². The van der Waals surface area contributed by atoms with Gasteiger partial charge in [-0.3, -0.25) is 0 Å². The smallest absolute Gasteiger partial charge is 0.207 e. The number of benzene rings is 2. The lowest BCUT2D eigenvalue weighted by Gasteiger charge is -2.22. The third-order valence-corrected chi connectivity index (χ3v) is 6.89. The van der Waals surface area contributed by atoms with Crippen LogP contribution in [0.25, 0.3) is 0 Å². The van der Waals surface area contributed by atoms with Gasteiger partial charge in [0.25, 0.3) is 0 Å². The second-order valence-corrected chi connectivity index (χ2v) is 8.45. The van der Waals surface area contributed by atoms with Crippen LogP contribution in [-0.4, -0.2) is 31.6 Å². The second-order valence-electron chi connectivity index (χ2n) is 4.94. The summed E-state index contributed by atoms with van der Waals surface area (Å²) < 4.78 is 26.3. The van der Waals surface area contributed by atoms with Crippen molar-refractivity contribution >= 4 is 34.4 Å². The summed E-state index contributed by atoms with van der Waals surface area (Å²) in [6.45, 7) is 1.84. The van der Waals surface area contributed by atoms with Gasteiger partial charge in [-0.25, -0.2) is 8.42 Å². The second kappa shape index (κ2) is 7.55. The van der Waals surface area contributed by atoms with E-state index in [9.17, 15) is 8.42 Å².